The first-order valence-corrected chi connectivity index (χ1v) is 7.76. The average Bonchev–Trinajstić information content (AvgIpc) is 2.92. The van der Waals surface area contributed by atoms with Crippen LogP contribution in [0.25, 0.3) is 11.3 Å². The molecule has 0 bridgehead atoms. The zero-order chi connectivity index (χ0) is 14.5. The summed E-state index contributed by atoms with van der Waals surface area (Å²) in [6.45, 7) is 0.688. The molecule has 3 rings (SSSR count). The molecule has 0 aliphatic carbocycles. The second kappa shape index (κ2) is 6.52. The molecule has 0 unspecified atom stereocenters. The van der Waals surface area contributed by atoms with E-state index in [2.05, 4.69) is 27.4 Å². The van der Waals surface area contributed by atoms with Crippen molar-refractivity contribution >= 4 is 22.2 Å². The van der Waals surface area contributed by atoms with Crippen LogP contribution in [0.3, 0.4) is 0 Å². The van der Waals surface area contributed by atoms with Gasteiger partial charge in [-0.1, -0.05) is 59.9 Å². The van der Waals surface area contributed by atoms with Gasteiger partial charge in [-0.15, -0.1) is 0 Å². The summed E-state index contributed by atoms with van der Waals surface area (Å²) in [5.74, 6) is 0. The smallest absolute Gasteiger partial charge is 0.339 e. The number of thiazole rings is 1. The minimum absolute atomic E-state index is 0.116. The van der Waals surface area contributed by atoms with Crippen molar-refractivity contribution < 1.29 is 9.67 Å². The number of aromatic nitrogens is 1. The fourth-order valence-electron chi connectivity index (χ4n) is 2.24. The number of rotatable bonds is 5. The van der Waals surface area contributed by atoms with Crippen LogP contribution < -0.4 is 9.88 Å². The number of aliphatic hydroxyl groups excluding tert-OH is 1. The highest BCUT2D eigenvalue weighted by atomic mass is 32.1. The Bertz CT molecular complexity index is 695. The third-order valence-corrected chi connectivity index (χ3v) is 4.12. The number of hydrogen-bond acceptors (Lipinski definition) is 3. The first kappa shape index (κ1) is 13.8. The summed E-state index contributed by atoms with van der Waals surface area (Å²) in [4.78, 5) is 0. The van der Waals surface area contributed by atoms with Gasteiger partial charge in [0, 0.05) is 10.9 Å². The molecule has 0 radical (unpaired) electrons. The molecule has 0 atom stereocenters. The Hall–Kier alpha value is -2.17. The predicted molar refractivity (Wildman–Crippen MR) is 86.8 cm³/mol. The SMILES string of the molecule is OCC[n+]1c(-c2ccccc2)csc1Nc1ccccc1. The van der Waals surface area contributed by atoms with Crippen LogP contribution in [0, 0.1) is 0 Å². The predicted octanol–water partition coefficient (Wildman–Crippen LogP) is 3.44. The van der Waals surface area contributed by atoms with Crippen LogP contribution in [0.15, 0.2) is 66.0 Å². The Morgan fingerprint density at radius 2 is 1.62 bits per heavy atom. The maximum absolute atomic E-state index is 9.36. The fourth-order valence-corrected chi connectivity index (χ4v) is 3.23. The minimum atomic E-state index is 0.116. The van der Waals surface area contributed by atoms with Crippen molar-refractivity contribution in [2.45, 2.75) is 6.54 Å². The molecular formula is C17H17N2OS+. The van der Waals surface area contributed by atoms with Crippen molar-refractivity contribution in [1.29, 1.82) is 0 Å². The van der Waals surface area contributed by atoms with E-state index in [1.807, 2.05) is 48.5 Å². The summed E-state index contributed by atoms with van der Waals surface area (Å²) in [7, 11) is 0. The maximum atomic E-state index is 9.36. The van der Waals surface area contributed by atoms with Crippen molar-refractivity contribution in [2.75, 3.05) is 11.9 Å². The molecule has 1 heterocycles. The lowest BCUT2D eigenvalue weighted by Gasteiger charge is -2.04. The number of para-hydroxylation sites is 1. The van der Waals surface area contributed by atoms with Crippen LogP contribution in [0.1, 0.15) is 0 Å². The summed E-state index contributed by atoms with van der Waals surface area (Å²) >= 11 is 1.65. The van der Waals surface area contributed by atoms with E-state index in [4.69, 9.17) is 0 Å². The first-order chi connectivity index (χ1) is 10.4. The summed E-state index contributed by atoms with van der Waals surface area (Å²) < 4.78 is 2.12. The average molecular weight is 297 g/mol. The van der Waals surface area contributed by atoms with Crippen molar-refractivity contribution in [2.24, 2.45) is 0 Å². The van der Waals surface area contributed by atoms with Gasteiger partial charge in [0.1, 0.15) is 17.9 Å². The summed E-state index contributed by atoms with van der Waals surface area (Å²) in [6, 6.07) is 20.3. The lowest BCUT2D eigenvalue weighted by atomic mass is 10.2. The van der Waals surface area contributed by atoms with Gasteiger partial charge in [-0.2, -0.15) is 0 Å². The Morgan fingerprint density at radius 3 is 2.29 bits per heavy atom. The van der Waals surface area contributed by atoms with Crippen molar-refractivity contribution in [3.63, 3.8) is 0 Å². The van der Waals surface area contributed by atoms with E-state index in [-0.39, 0.29) is 6.61 Å². The monoisotopic (exact) mass is 297 g/mol. The molecule has 4 heteroatoms. The van der Waals surface area contributed by atoms with Crippen molar-refractivity contribution in [3.05, 3.63) is 66.0 Å². The van der Waals surface area contributed by atoms with Crippen LogP contribution in [-0.2, 0) is 6.54 Å². The normalized spacial score (nSPS) is 10.5. The number of aliphatic hydroxyl groups is 1. The molecular weight excluding hydrogens is 280 g/mol. The van der Waals surface area contributed by atoms with Crippen molar-refractivity contribution in [1.82, 2.24) is 0 Å². The molecule has 3 aromatic rings. The van der Waals surface area contributed by atoms with Gasteiger partial charge in [0.05, 0.1) is 6.61 Å². The molecule has 0 aliphatic heterocycles. The third kappa shape index (κ3) is 3.12. The van der Waals surface area contributed by atoms with Crippen LogP contribution in [0.4, 0.5) is 10.8 Å². The van der Waals surface area contributed by atoms with Gasteiger partial charge in [-0.3, -0.25) is 0 Å². The molecule has 106 valence electrons. The van der Waals surface area contributed by atoms with E-state index in [0.29, 0.717) is 6.54 Å². The first-order valence-electron chi connectivity index (χ1n) is 6.88. The second-order valence-electron chi connectivity index (χ2n) is 4.66. The molecule has 2 N–H and O–H groups in total. The Kier molecular flexibility index (Phi) is 4.28. The molecule has 1 aromatic heterocycles. The van der Waals surface area contributed by atoms with E-state index in [9.17, 15) is 5.11 Å². The quantitative estimate of drug-likeness (QED) is 0.708. The molecule has 0 amide bonds. The highest BCUT2D eigenvalue weighted by molar-refractivity contribution is 7.13. The Morgan fingerprint density at radius 1 is 0.952 bits per heavy atom. The fraction of sp³-hybridized carbons (Fsp3) is 0.118. The standard InChI is InChI=1S/C17H16N2OS/c20-12-11-19-16(14-7-3-1-4-8-14)13-21-17(19)18-15-9-5-2-6-10-15/h1-10,13,20H,11-12H2/p+1. The molecule has 0 spiro atoms. The third-order valence-electron chi connectivity index (χ3n) is 3.24. The molecule has 0 saturated heterocycles. The van der Waals surface area contributed by atoms with Gasteiger partial charge in [-0.05, 0) is 12.1 Å². The second-order valence-corrected chi connectivity index (χ2v) is 5.52. The minimum Gasteiger partial charge on any atom is -0.392 e. The van der Waals surface area contributed by atoms with E-state index in [1.165, 1.54) is 0 Å². The lowest BCUT2D eigenvalue weighted by molar-refractivity contribution is -0.669. The molecule has 3 nitrogen and oxygen atoms in total. The van der Waals surface area contributed by atoms with Gasteiger partial charge in [0.25, 0.3) is 0 Å². The van der Waals surface area contributed by atoms with Gasteiger partial charge in [-0.25, -0.2) is 9.88 Å². The number of nitrogens with zero attached hydrogens (tertiary/aromatic N) is 1. The van der Waals surface area contributed by atoms with Gasteiger partial charge in [0.15, 0.2) is 0 Å². The summed E-state index contributed by atoms with van der Waals surface area (Å²) in [5, 5.41) is 15.9. The number of nitrogens with one attached hydrogen (secondary N) is 1. The molecule has 21 heavy (non-hydrogen) atoms. The van der Waals surface area contributed by atoms with E-state index in [0.717, 1.165) is 22.1 Å². The van der Waals surface area contributed by atoms with E-state index < -0.39 is 0 Å². The summed E-state index contributed by atoms with van der Waals surface area (Å²) in [6.07, 6.45) is 0. The zero-order valence-corrected chi connectivity index (χ0v) is 12.4. The molecule has 0 fully saturated rings. The molecule has 2 aromatic carbocycles. The highest BCUT2D eigenvalue weighted by Gasteiger charge is 2.18. The van der Waals surface area contributed by atoms with E-state index >= 15 is 0 Å². The van der Waals surface area contributed by atoms with Crippen LogP contribution >= 0.6 is 11.3 Å². The molecule has 0 aliphatic rings. The van der Waals surface area contributed by atoms with Crippen LogP contribution in [0.2, 0.25) is 0 Å². The lowest BCUT2D eigenvalue weighted by Crippen LogP contribution is -2.38. The van der Waals surface area contributed by atoms with E-state index in [1.54, 1.807) is 11.3 Å². The van der Waals surface area contributed by atoms with Gasteiger partial charge < -0.3 is 5.11 Å². The Balaban J connectivity index is 1.96. The Labute approximate surface area is 128 Å². The van der Waals surface area contributed by atoms with Crippen molar-refractivity contribution in [3.8, 4) is 11.3 Å². The zero-order valence-electron chi connectivity index (χ0n) is 11.6. The topological polar surface area (TPSA) is 36.1 Å². The summed E-state index contributed by atoms with van der Waals surface area (Å²) in [5.41, 5.74) is 3.32. The van der Waals surface area contributed by atoms with Crippen LogP contribution in [0.5, 0.6) is 0 Å². The van der Waals surface area contributed by atoms with Crippen LogP contribution in [-0.4, -0.2) is 11.7 Å². The van der Waals surface area contributed by atoms with Gasteiger partial charge in [0.2, 0.25) is 0 Å². The highest BCUT2D eigenvalue weighted by Crippen LogP contribution is 2.25. The number of hydrogen-bond donors (Lipinski definition) is 2. The number of anilines is 2. The number of benzene rings is 2. The molecule has 0 saturated carbocycles. The van der Waals surface area contributed by atoms with Gasteiger partial charge >= 0.3 is 5.13 Å². The largest absolute Gasteiger partial charge is 0.392 e. The maximum Gasteiger partial charge on any atom is 0.339 e.